The van der Waals surface area contributed by atoms with Gasteiger partial charge >= 0.3 is 6.03 Å². The second kappa shape index (κ2) is 6.41. The Labute approximate surface area is 110 Å². The number of urea groups is 1. The van der Waals surface area contributed by atoms with Crippen LogP contribution in [0.1, 0.15) is 51.9 Å². The molecule has 4 nitrogen and oxygen atoms in total. The summed E-state index contributed by atoms with van der Waals surface area (Å²) in [6.07, 6.45) is 7.40. The van der Waals surface area contributed by atoms with E-state index < -0.39 is 0 Å². The van der Waals surface area contributed by atoms with Gasteiger partial charge < -0.3 is 15.7 Å². The van der Waals surface area contributed by atoms with Gasteiger partial charge in [0.2, 0.25) is 0 Å². The highest BCUT2D eigenvalue weighted by Gasteiger charge is 2.26. The van der Waals surface area contributed by atoms with Crippen molar-refractivity contribution in [2.45, 2.75) is 64.0 Å². The molecule has 104 valence electrons. The molecule has 0 spiro atoms. The summed E-state index contributed by atoms with van der Waals surface area (Å²) in [5.74, 6) is 1.06. The summed E-state index contributed by atoms with van der Waals surface area (Å²) in [6, 6.07) is 0.281. The smallest absolute Gasteiger partial charge is 0.315 e. The maximum atomic E-state index is 11.8. The van der Waals surface area contributed by atoms with Crippen molar-refractivity contribution in [1.29, 1.82) is 0 Å². The van der Waals surface area contributed by atoms with Crippen LogP contribution in [0.15, 0.2) is 0 Å². The number of carbonyl (C=O) groups excluding carboxylic acids is 1. The molecule has 2 aliphatic rings. The molecule has 2 fully saturated rings. The van der Waals surface area contributed by atoms with Crippen LogP contribution >= 0.6 is 0 Å². The molecule has 2 saturated carbocycles. The van der Waals surface area contributed by atoms with Crippen LogP contribution in [0.25, 0.3) is 0 Å². The predicted octanol–water partition coefficient (Wildman–Crippen LogP) is 2.03. The van der Waals surface area contributed by atoms with Crippen LogP contribution < -0.4 is 10.6 Å². The molecule has 4 heteroatoms. The van der Waals surface area contributed by atoms with Crippen molar-refractivity contribution < 1.29 is 9.90 Å². The number of nitrogens with one attached hydrogen (secondary N) is 2. The van der Waals surface area contributed by atoms with Crippen molar-refractivity contribution in [3.05, 3.63) is 0 Å². The van der Waals surface area contributed by atoms with Gasteiger partial charge in [0.15, 0.2) is 0 Å². The Balaban J connectivity index is 1.63. The summed E-state index contributed by atoms with van der Waals surface area (Å²) in [5, 5.41) is 15.6. The molecule has 18 heavy (non-hydrogen) atoms. The number of amides is 2. The number of aliphatic hydroxyl groups excluding tert-OH is 1. The van der Waals surface area contributed by atoms with Crippen LogP contribution in [0, 0.1) is 11.8 Å². The van der Waals surface area contributed by atoms with Gasteiger partial charge in [0.1, 0.15) is 0 Å². The first kappa shape index (κ1) is 13.7. The normalized spacial score (nSPS) is 36.3. The molecule has 0 bridgehead atoms. The zero-order valence-corrected chi connectivity index (χ0v) is 11.3. The van der Waals surface area contributed by atoms with Crippen LogP contribution in [-0.4, -0.2) is 29.8 Å². The number of rotatable bonds is 3. The second-order valence-corrected chi connectivity index (χ2v) is 6.07. The van der Waals surface area contributed by atoms with Crippen LogP contribution in [-0.2, 0) is 0 Å². The van der Waals surface area contributed by atoms with Crippen molar-refractivity contribution in [3.8, 4) is 0 Å². The van der Waals surface area contributed by atoms with Crippen LogP contribution in [0.2, 0.25) is 0 Å². The zero-order valence-electron chi connectivity index (χ0n) is 11.3. The fraction of sp³-hybridized carbons (Fsp3) is 0.929. The van der Waals surface area contributed by atoms with Crippen molar-refractivity contribution in [2.24, 2.45) is 11.8 Å². The van der Waals surface area contributed by atoms with E-state index in [1.54, 1.807) is 0 Å². The van der Waals surface area contributed by atoms with E-state index in [2.05, 4.69) is 17.6 Å². The van der Waals surface area contributed by atoms with Gasteiger partial charge in [0, 0.05) is 18.5 Å². The Kier molecular flexibility index (Phi) is 4.87. The quantitative estimate of drug-likeness (QED) is 0.721. The van der Waals surface area contributed by atoms with Gasteiger partial charge in [-0.15, -0.1) is 0 Å². The molecule has 3 N–H and O–H groups in total. The first-order valence-corrected chi connectivity index (χ1v) is 7.37. The lowest BCUT2D eigenvalue weighted by atomic mass is 9.87. The summed E-state index contributed by atoms with van der Waals surface area (Å²) in [4.78, 5) is 11.8. The summed E-state index contributed by atoms with van der Waals surface area (Å²) in [7, 11) is 0. The van der Waals surface area contributed by atoms with Crippen LogP contribution in [0.4, 0.5) is 4.79 Å². The standard InChI is InChI=1S/C14H26N2O2/c1-10-5-7-12(8-6-10)16-14(18)15-9-11-3-2-4-13(11)17/h10-13,17H,2-9H2,1H3,(H2,15,16,18)/t10?,11-,12?,13-/m1/s1. The van der Waals surface area contributed by atoms with E-state index >= 15 is 0 Å². The van der Waals surface area contributed by atoms with Gasteiger partial charge in [-0.05, 0) is 44.4 Å². The molecule has 0 aromatic rings. The molecule has 0 saturated heterocycles. The van der Waals surface area contributed by atoms with Gasteiger partial charge in [-0.2, -0.15) is 0 Å². The summed E-state index contributed by atoms with van der Waals surface area (Å²) in [6.45, 7) is 2.88. The molecule has 0 aromatic heterocycles. The summed E-state index contributed by atoms with van der Waals surface area (Å²) < 4.78 is 0. The molecular weight excluding hydrogens is 228 g/mol. The molecule has 2 atom stereocenters. The van der Waals surface area contributed by atoms with Crippen molar-refractivity contribution >= 4 is 6.03 Å². The summed E-state index contributed by atoms with van der Waals surface area (Å²) >= 11 is 0. The Morgan fingerprint density at radius 1 is 1.17 bits per heavy atom. The minimum atomic E-state index is -0.221. The molecule has 2 rings (SSSR count). The number of hydrogen-bond donors (Lipinski definition) is 3. The van der Waals surface area contributed by atoms with Gasteiger partial charge in [-0.1, -0.05) is 13.3 Å². The zero-order chi connectivity index (χ0) is 13.0. The minimum absolute atomic E-state index is 0.0614. The van der Waals surface area contributed by atoms with Crippen molar-refractivity contribution in [3.63, 3.8) is 0 Å². The van der Waals surface area contributed by atoms with Gasteiger partial charge in [0.25, 0.3) is 0 Å². The highest BCUT2D eigenvalue weighted by molar-refractivity contribution is 5.74. The molecule has 2 amide bonds. The van der Waals surface area contributed by atoms with E-state index in [9.17, 15) is 9.90 Å². The molecule has 0 aliphatic heterocycles. The maximum Gasteiger partial charge on any atom is 0.315 e. The maximum absolute atomic E-state index is 11.8. The minimum Gasteiger partial charge on any atom is -0.393 e. The Hall–Kier alpha value is -0.770. The Bertz CT molecular complexity index is 275. The van der Waals surface area contributed by atoms with Gasteiger partial charge in [-0.25, -0.2) is 4.79 Å². The highest BCUT2D eigenvalue weighted by Crippen LogP contribution is 2.25. The highest BCUT2D eigenvalue weighted by atomic mass is 16.3. The topological polar surface area (TPSA) is 61.4 Å². The third-order valence-corrected chi connectivity index (χ3v) is 4.49. The summed E-state index contributed by atoms with van der Waals surface area (Å²) in [5.41, 5.74) is 0. The molecule has 2 aliphatic carbocycles. The second-order valence-electron chi connectivity index (χ2n) is 6.07. The first-order valence-electron chi connectivity index (χ1n) is 7.37. The number of hydrogen-bond acceptors (Lipinski definition) is 2. The Morgan fingerprint density at radius 2 is 1.89 bits per heavy atom. The van der Waals surface area contributed by atoms with E-state index in [1.807, 2.05) is 0 Å². The fourth-order valence-electron chi connectivity index (χ4n) is 3.12. The largest absolute Gasteiger partial charge is 0.393 e. The van der Waals surface area contributed by atoms with Crippen LogP contribution in [0.5, 0.6) is 0 Å². The van der Waals surface area contributed by atoms with E-state index in [0.29, 0.717) is 12.6 Å². The average molecular weight is 254 g/mol. The molecule has 0 radical (unpaired) electrons. The molecule has 0 heterocycles. The van der Waals surface area contributed by atoms with Gasteiger partial charge in [-0.3, -0.25) is 0 Å². The fourth-order valence-corrected chi connectivity index (χ4v) is 3.12. The monoisotopic (exact) mass is 254 g/mol. The molecule has 0 unspecified atom stereocenters. The van der Waals surface area contributed by atoms with E-state index in [4.69, 9.17) is 0 Å². The lowest BCUT2D eigenvalue weighted by Crippen LogP contribution is -2.45. The predicted molar refractivity (Wildman–Crippen MR) is 71.3 cm³/mol. The number of aliphatic hydroxyl groups is 1. The first-order chi connectivity index (χ1) is 8.65. The SMILES string of the molecule is CC1CCC(NC(=O)NC[C@H]2CCC[C@H]2O)CC1. The average Bonchev–Trinajstić information content (AvgIpc) is 2.75. The van der Waals surface area contributed by atoms with Crippen molar-refractivity contribution in [1.82, 2.24) is 10.6 Å². The Morgan fingerprint density at radius 3 is 2.50 bits per heavy atom. The number of carbonyl (C=O) groups is 1. The van der Waals surface area contributed by atoms with E-state index in [0.717, 1.165) is 38.0 Å². The molecular formula is C14H26N2O2. The lowest BCUT2D eigenvalue weighted by Gasteiger charge is -2.27. The van der Waals surface area contributed by atoms with Crippen molar-refractivity contribution in [2.75, 3.05) is 6.54 Å². The lowest BCUT2D eigenvalue weighted by molar-refractivity contribution is 0.132. The van der Waals surface area contributed by atoms with E-state index in [-0.39, 0.29) is 18.1 Å². The van der Waals surface area contributed by atoms with E-state index in [1.165, 1.54) is 12.8 Å². The third-order valence-electron chi connectivity index (χ3n) is 4.49. The third kappa shape index (κ3) is 3.87. The van der Waals surface area contributed by atoms with Crippen LogP contribution in [0.3, 0.4) is 0 Å². The molecule has 0 aromatic carbocycles. The van der Waals surface area contributed by atoms with Gasteiger partial charge in [0.05, 0.1) is 6.10 Å².